The molecule has 0 bridgehead atoms. The van der Waals surface area contributed by atoms with E-state index < -0.39 is 26.8 Å². The van der Waals surface area contributed by atoms with Crippen molar-refractivity contribution in [1.82, 2.24) is 4.72 Å². The van der Waals surface area contributed by atoms with Gasteiger partial charge in [-0.05, 0) is 12.1 Å². The number of rotatable bonds is 6. The molecule has 0 unspecified atom stereocenters. The summed E-state index contributed by atoms with van der Waals surface area (Å²) in [6.45, 7) is 0. The van der Waals surface area contributed by atoms with Crippen molar-refractivity contribution in [2.75, 3.05) is 7.11 Å². The fourth-order valence-electron chi connectivity index (χ4n) is 1.32. The van der Waals surface area contributed by atoms with Crippen LogP contribution in [0.25, 0.3) is 0 Å². The summed E-state index contributed by atoms with van der Waals surface area (Å²) >= 11 is 0. The molecule has 1 N–H and O–H groups in total. The van der Waals surface area contributed by atoms with Gasteiger partial charge in [0, 0.05) is 18.6 Å². The number of nitro benzene ring substituents is 1. The van der Waals surface area contributed by atoms with Crippen LogP contribution in [-0.4, -0.2) is 32.3 Å². The van der Waals surface area contributed by atoms with Gasteiger partial charge < -0.3 is 4.74 Å². The number of hydrogen-bond donors (Lipinski definition) is 1. The smallest absolute Gasteiger partial charge is 0.306 e. The summed E-state index contributed by atoms with van der Waals surface area (Å²) in [6.07, 6.45) is -0.600. The van der Waals surface area contributed by atoms with Crippen molar-refractivity contribution in [3.63, 3.8) is 0 Å². The lowest BCUT2D eigenvalue weighted by molar-refractivity contribution is -0.384. The van der Waals surface area contributed by atoms with Crippen LogP contribution in [0.1, 0.15) is 12.8 Å². The molecule has 1 aromatic carbocycles. The van der Waals surface area contributed by atoms with Crippen molar-refractivity contribution in [2.24, 2.45) is 0 Å². The number of esters is 1. The number of sulfonamides is 1. The second kappa shape index (κ2) is 6.79. The molecular weight excluding hydrogens is 304 g/mol. The van der Waals surface area contributed by atoms with Gasteiger partial charge in [0.05, 0.1) is 23.3 Å². The van der Waals surface area contributed by atoms with E-state index in [-0.39, 0.29) is 23.4 Å². The van der Waals surface area contributed by atoms with Crippen LogP contribution in [0.2, 0.25) is 0 Å². The van der Waals surface area contributed by atoms with Crippen molar-refractivity contribution >= 4 is 27.6 Å². The molecule has 0 atom stereocenters. The third-order valence-corrected chi connectivity index (χ3v) is 3.78. The Hall–Kier alpha value is -2.49. The van der Waals surface area contributed by atoms with Crippen LogP contribution in [0.15, 0.2) is 29.2 Å². The highest BCUT2D eigenvalue weighted by molar-refractivity contribution is 7.90. The maximum Gasteiger partial charge on any atom is 0.306 e. The summed E-state index contributed by atoms with van der Waals surface area (Å²) in [6, 6.07) is 4.03. The standard InChI is InChI=1S/C11H12N2O7S/c1-20-11(15)7-6-10(14)12-21(18,19)9-4-2-8(3-5-9)13(16)17/h2-5H,6-7H2,1H3,(H,12,14). The van der Waals surface area contributed by atoms with Gasteiger partial charge in [0.1, 0.15) is 0 Å². The Morgan fingerprint density at radius 1 is 1.24 bits per heavy atom. The van der Waals surface area contributed by atoms with Gasteiger partial charge in [-0.1, -0.05) is 0 Å². The van der Waals surface area contributed by atoms with Gasteiger partial charge in [-0.15, -0.1) is 0 Å². The number of nitrogens with zero attached hydrogens (tertiary/aromatic N) is 1. The van der Waals surface area contributed by atoms with E-state index in [1.165, 1.54) is 0 Å². The zero-order valence-electron chi connectivity index (χ0n) is 10.9. The van der Waals surface area contributed by atoms with Gasteiger partial charge in [-0.3, -0.25) is 19.7 Å². The van der Waals surface area contributed by atoms with Gasteiger partial charge >= 0.3 is 5.97 Å². The average molecular weight is 316 g/mol. The van der Waals surface area contributed by atoms with E-state index in [4.69, 9.17) is 0 Å². The molecule has 0 aromatic heterocycles. The van der Waals surface area contributed by atoms with E-state index in [1.54, 1.807) is 4.72 Å². The molecule has 0 spiro atoms. The van der Waals surface area contributed by atoms with E-state index in [0.29, 0.717) is 0 Å². The number of nitrogens with one attached hydrogen (secondary N) is 1. The minimum absolute atomic E-state index is 0.252. The molecule has 21 heavy (non-hydrogen) atoms. The second-order valence-electron chi connectivity index (χ2n) is 3.86. The first kappa shape index (κ1) is 16.6. The van der Waals surface area contributed by atoms with Crippen molar-refractivity contribution in [3.8, 4) is 0 Å². The molecule has 0 radical (unpaired) electrons. The molecule has 10 heteroatoms. The summed E-state index contributed by atoms with van der Waals surface area (Å²) in [5.74, 6) is -1.52. The predicted octanol–water partition coefficient (Wildman–Crippen LogP) is 0.353. The van der Waals surface area contributed by atoms with E-state index in [9.17, 15) is 28.1 Å². The van der Waals surface area contributed by atoms with Crippen LogP contribution in [-0.2, 0) is 24.3 Å². The summed E-state index contributed by atoms with van der Waals surface area (Å²) in [5, 5.41) is 10.5. The number of amides is 1. The Labute approximate surface area is 120 Å². The Morgan fingerprint density at radius 2 is 1.81 bits per heavy atom. The summed E-state index contributed by atoms with van der Waals surface area (Å²) in [4.78, 5) is 31.8. The lowest BCUT2D eigenvalue weighted by atomic mass is 10.3. The molecule has 0 aliphatic heterocycles. The quantitative estimate of drug-likeness (QED) is 0.455. The van der Waals surface area contributed by atoms with Crippen molar-refractivity contribution in [2.45, 2.75) is 17.7 Å². The molecule has 0 aliphatic carbocycles. The zero-order valence-corrected chi connectivity index (χ0v) is 11.8. The number of hydrogen-bond acceptors (Lipinski definition) is 7. The number of carbonyl (C=O) groups excluding carboxylic acids is 2. The van der Waals surface area contributed by atoms with Crippen molar-refractivity contribution in [3.05, 3.63) is 34.4 Å². The lowest BCUT2D eigenvalue weighted by Gasteiger charge is -2.06. The van der Waals surface area contributed by atoms with Crippen LogP contribution in [0, 0.1) is 10.1 Å². The highest BCUT2D eigenvalue weighted by Crippen LogP contribution is 2.15. The third-order valence-electron chi connectivity index (χ3n) is 2.39. The molecule has 0 saturated carbocycles. The molecule has 1 rings (SSSR count). The fraction of sp³-hybridized carbons (Fsp3) is 0.273. The zero-order chi connectivity index (χ0) is 16.0. The fourth-order valence-corrected chi connectivity index (χ4v) is 2.34. The topological polar surface area (TPSA) is 133 Å². The Balaban J connectivity index is 2.75. The first-order valence-corrected chi connectivity index (χ1v) is 7.11. The molecule has 1 aromatic rings. The maximum absolute atomic E-state index is 11.8. The molecular formula is C11H12N2O7S. The first-order chi connectivity index (χ1) is 9.76. The molecule has 0 aliphatic rings. The second-order valence-corrected chi connectivity index (χ2v) is 5.54. The lowest BCUT2D eigenvalue weighted by Crippen LogP contribution is -2.30. The Kier molecular flexibility index (Phi) is 5.36. The molecule has 0 fully saturated rings. The number of ether oxygens (including phenoxy) is 1. The van der Waals surface area contributed by atoms with Crippen molar-refractivity contribution in [1.29, 1.82) is 0 Å². The molecule has 0 heterocycles. The van der Waals surface area contributed by atoms with Gasteiger partial charge in [-0.2, -0.15) is 0 Å². The Bertz CT molecular complexity index is 652. The van der Waals surface area contributed by atoms with Gasteiger partial charge in [0.2, 0.25) is 5.91 Å². The highest BCUT2D eigenvalue weighted by atomic mass is 32.2. The Morgan fingerprint density at radius 3 is 2.29 bits per heavy atom. The van der Waals surface area contributed by atoms with Crippen LogP contribution >= 0.6 is 0 Å². The first-order valence-electron chi connectivity index (χ1n) is 5.63. The van der Waals surface area contributed by atoms with Gasteiger partial charge in [-0.25, -0.2) is 13.1 Å². The maximum atomic E-state index is 11.8. The molecule has 1 amide bonds. The number of non-ortho nitro benzene ring substituents is 1. The van der Waals surface area contributed by atoms with Crippen LogP contribution in [0.4, 0.5) is 5.69 Å². The normalized spacial score (nSPS) is 10.7. The monoisotopic (exact) mass is 316 g/mol. The van der Waals surface area contributed by atoms with Gasteiger partial charge in [0.25, 0.3) is 15.7 Å². The summed E-state index contributed by atoms with van der Waals surface area (Å²) in [5.41, 5.74) is -0.272. The predicted molar refractivity (Wildman–Crippen MR) is 69.7 cm³/mol. The van der Waals surface area contributed by atoms with E-state index in [1.807, 2.05) is 0 Å². The molecule has 9 nitrogen and oxygen atoms in total. The van der Waals surface area contributed by atoms with Crippen LogP contribution in [0.3, 0.4) is 0 Å². The third kappa shape index (κ3) is 4.84. The molecule has 0 saturated heterocycles. The van der Waals surface area contributed by atoms with Crippen molar-refractivity contribution < 1.29 is 27.7 Å². The number of methoxy groups -OCH3 is 1. The largest absolute Gasteiger partial charge is 0.469 e. The summed E-state index contributed by atoms with van der Waals surface area (Å²) in [7, 11) is -2.98. The number of nitro groups is 1. The van der Waals surface area contributed by atoms with Crippen LogP contribution < -0.4 is 4.72 Å². The number of carbonyl (C=O) groups is 2. The van der Waals surface area contributed by atoms with E-state index in [2.05, 4.69) is 4.74 Å². The molecule has 114 valence electrons. The number of benzene rings is 1. The SMILES string of the molecule is COC(=O)CCC(=O)NS(=O)(=O)c1ccc([N+](=O)[O-])cc1. The minimum Gasteiger partial charge on any atom is -0.469 e. The van der Waals surface area contributed by atoms with E-state index in [0.717, 1.165) is 31.4 Å². The highest BCUT2D eigenvalue weighted by Gasteiger charge is 2.19. The minimum atomic E-state index is -4.13. The average Bonchev–Trinajstić information content (AvgIpc) is 2.44. The van der Waals surface area contributed by atoms with Gasteiger partial charge in [0.15, 0.2) is 0 Å². The van der Waals surface area contributed by atoms with Crippen LogP contribution in [0.5, 0.6) is 0 Å². The summed E-state index contributed by atoms with van der Waals surface area (Å²) < 4.78 is 29.7. The van der Waals surface area contributed by atoms with E-state index >= 15 is 0 Å².